The summed E-state index contributed by atoms with van der Waals surface area (Å²) in [4.78, 5) is 2.14. The Bertz CT molecular complexity index is 1450. The number of ether oxygens (including phenoxy) is 2. The highest BCUT2D eigenvalue weighted by molar-refractivity contribution is 7.38. The van der Waals surface area contributed by atoms with Gasteiger partial charge < -0.3 is 14.4 Å². The van der Waals surface area contributed by atoms with E-state index in [0.717, 1.165) is 33.0 Å². The van der Waals surface area contributed by atoms with Crippen molar-refractivity contribution in [3.8, 4) is 11.5 Å². The topological polar surface area (TPSA) is 21.7 Å². The van der Waals surface area contributed by atoms with Crippen LogP contribution in [-0.4, -0.2) is 45.4 Å². The number of hydrogen-bond acceptors (Lipinski definition) is 3. The van der Waals surface area contributed by atoms with E-state index < -0.39 is 0 Å². The molecule has 0 aliphatic carbocycles. The summed E-state index contributed by atoms with van der Waals surface area (Å²) in [6.07, 6.45) is 12.9. The largest absolute Gasteiger partial charge is 0.496 e. The van der Waals surface area contributed by atoms with Crippen LogP contribution in [0.3, 0.4) is 0 Å². The van der Waals surface area contributed by atoms with E-state index in [0.29, 0.717) is 12.3 Å². The smallest absolute Gasteiger partial charge is 0.122 e. The summed E-state index contributed by atoms with van der Waals surface area (Å²) in [5.41, 5.74) is 8.53. The third-order valence-corrected chi connectivity index (χ3v) is 10.4. The van der Waals surface area contributed by atoms with Crippen molar-refractivity contribution in [1.82, 2.24) is 4.90 Å². The number of benzene rings is 4. The minimum atomic E-state index is 0.579. The van der Waals surface area contributed by atoms with Crippen LogP contribution in [0.25, 0.3) is 11.1 Å². The first-order valence-electron chi connectivity index (χ1n) is 17.6. The second-order valence-corrected chi connectivity index (χ2v) is 14.5. The van der Waals surface area contributed by atoms with Gasteiger partial charge in [-0.1, -0.05) is 136 Å². The first-order chi connectivity index (χ1) is 23.1. The molecule has 250 valence electrons. The van der Waals surface area contributed by atoms with Gasteiger partial charge in [0.15, 0.2) is 0 Å². The molecule has 2 unspecified atom stereocenters. The lowest BCUT2D eigenvalue weighted by Crippen LogP contribution is -2.19. The monoisotopic (exact) mass is 649 g/mol. The molecule has 0 amide bonds. The van der Waals surface area contributed by atoms with Crippen LogP contribution >= 0.6 is 8.58 Å². The summed E-state index contributed by atoms with van der Waals surface area (Å²) < 4.78 is 11.6. The molecule has 0 saturated heterocycles. The molecule has 4 aromatic carbocycles. The van der Waals surface area contributed by atoms with Gasteiger partial charge in [0.1, 0.15) is 18.1 Å². The second-order valence-electron chi connectivity index (χ2n) is 12.8. The molecule has 0 radical (unpaired) electrons. The Labute approximate surface area is 287 Å². The molecule has 0 bridgehead atoms. The Hall–Kier alpha value is -3.39. The molecule has 4 heteroatoms. The fraction of sp³-hybridized carbons (Fsp3) is 0.395. The van der Waals surface area contributed by atoms with E-state index in [1.807, 2.05) is 0 Å². The van der Waals surface area contributed by atoms with Crippen molar-refractivity contribution >= 4 is 19.7 Å². The number of methoxy groups -OCH3 is 1. The second kappa shape index (κ2) is 20.8. The minimum absolute atomic E-state index is 0.579. The summed E-state index contributed by atoms with van der Waals surface area (Å²) in [5, 5.41) is 0. The van der Waals surface area contributed by atoms with E-state index >= 15 is 0 Å². The number of nitrogens with zero attached hydrogens (tertiary/aromatic N) is 1. The molecule has 0 saturated carbocycles. The quantitative estimate of drug-likeness (QED) is 0.0509. The summed E-state index contributed by atoms with van der Waals surface area (Å²) in [6, 6.07) is 39.1. The molecule has 0 aliphatic rings. The van der Waals surface area contributed by atoms with Gasteiger partial charge in [-0.3, -0.25) is 0 Å². The van der Waals surface area contributed by atoms with Crippen LogP contribution < -0.4 is 9.47 Å². The molecule has 47 heavy (non-hydrogen) atoms. The van der Waals surface area contributed by atoms with E-state index in [9.17, 15) is 0 Å². The Balaban J connectivity index is 1.29. The Morgan fingerprint density at radius 2 is 1.19 bits per heavy atom. The SMILES string of the molecule is COc1ccccc1C(C)PCCCCCCCCCC/C(=C(\c1ccccc1)c1ccc(OCCN(C)C)cc1)c1ccccc1. The fourth-order valence-electron chi connectivity index (χ4n) is 6.18. The number of likely N-dealkylation sites (N-methyl/N-ethyl adjacent to an activating group) is 1. The van der Waals surface area contributed by atoms with Crippen molar-refractivity contribution in [1.29, 1.82) is 0 Å². The molecule has 4 rings (SSSR count). The first-order valence-corrected chi connectivity index (χ1v) is 18.9. The normalized spacial score (nSPS) is 12.8. The molecule has 0 heterocycles. The van der Waals surface area contributed by atoms with E-state index in [1.54, 1.807) is 7.11 Å². The van der Waals surface area contributed by atoms with Crippen molar-refractivity contribution in [3.05, 3.63) is 131 Å². The zero-order valence-corrected chi connectivity index (χ0v) is 30.2. The average Bonchev–Trinajstić information content (AvgIpc) is 3.11. The molecular formula is C43H56NO2P. The zero-order chi connectivity index (χ0) is 33.1. The molecule has 3 nitrogen and oxygen atoms in total. The molecule has 0 aromatic heterocycles. The molecular weight excluding hydrogens is 593 g/mol. The third-order valence-electron chi connectivity index (χ3n) is 8.85. The van der Waals surface area contributed by atoms with Crippen LogP contribution in [0, 0.1) is 0 Å². The van der Waals surface area contributed by atoms with Crippen molar-refractivity contribution in [3.63, 3.8) is 0 Å². The predicted octanol–water partition coefficient (Wildman–Crippen LogP) is 11.5. The molecule has 0 spiro atoms. The number of rotatable bonds is 21. The van der Waals surface area contributed by atoms with Crippen molar-refractivity contribution in [2.75, 3.05) is 40.5 Å². The minimum Gasteiger partial charge on any atom is -0.496 e. The van der Waals surface area contributed by atoms with Crippen molar-refractivity contribution in [2.45, 2.75) is 70.4 Å². The van der Waals surface area contributed by atoms with Gasteiger partial charge in [-0.05, 0) is 85.6 Å². The fourth-order valence-corrected chi connectivity index (χ4v) is 7.52. The van der Waals surface area contributed by atoms with E-state index in [1.165, 1.54) is 90.9 Å². The Kier molecular flexibility index (Phi) is 16.1. The standard InChI is InChI=1S/C43H56NO2P/c1-35(40-25-18-19-27-42(40)45-4)47-34-20-10-8-6-5-7-9-17-26-41(36-21-13-11-14-22-36)43(37-23-15-12-16-24-37)38-28-30-39(31-29-38)46-33-32-44(2)3/h11-16,18-19,21-25,27-31,35,47H,5-10,17,20,26,32-34H2,1-4H3/b43-41-. The van der Waals surface area contributed by atoms with Gasteiger partial charge in [-0.25, -0.2) is 0 Å². The number of unbranched alkanes of at least 4 members (excludes halogenated alkanes) is 7. The van der Waals surface area contributed by atoms with Crippen LogP contribution in [0.1, 0.15) is 92.6 Å². The van der Waals surface area contributed by atoms with Gasteiger partial charge in [0, 0.05) is 17.8 Å². The molecule has 0 N–H and O–H groups in total. The Morgan fingerprint density at radius 1 is 0.638 bits per heavy atom. The summed E-state index contributed by atoms with van der Waals surface area (Å²) >= 11 is 0. The lowest BCUT2D eigenvalue weighted by Gasteiger charge is -2.18. The van der Waals surface area contributed by atoms with Gasteiger partial charge in [-0.2, -0.15) is 0 Å². The van der Waals surface area contributed by atoms with Crippen LogP contribution in [0.4, 0.5) is 0 Å². The zero-order valence-electron chi connectivity index (χ0n) is 29.2. The lowest BCUT2D eigenvalue weighted by atomic mass is 9.86. The molecule has 0 aliphatic heterocycles. The summed E-state index contributed by atoms with van der Waals surface area (Å²) in [7, 11) is 6.89. The number of allylic oxidation sites excluding steroid dienone is 1. The van der Waals surface area contributed by atoms with Gasteiger partial charge >= 0.3 is 0 Å². The first kappa shape index (κ1) is 36.4. The molecule has 4 aromatic rings. The van der Waals surface area contributed by atoms with Gasteiger partial charge in [-0.15, -0.1) is 8.58 Å². The maximum absolute atomic E-state index is 6.01. The Morgan fingerprint density at radius 3 is 1.83 bits per heavy atom. The maximum atomic E-state index is 6.01. The highest BCUT2D eigenvalue weighted by Crippen LogP contribution is 2.39. The van der Waals surface area contributed by atoms with Crippen LogP contribution in [-0.2, 0) is 0 Å². The van der Waals surface area contributed by atoms with Crippen LogP contribution in [0.5, 0.6) is 11.5 Å². The van der Waals surface area contributed by atoms with Crippen molar-refractivity contribution in [2.24, 2.45) is 0 Å². The average molecular weight is 650 g/mol. The third kappa shape index (κ3) is 12.3. The van der Waals surface area contributed by atoms with Crippen molar-refractivity contribution < 1.29 is 9.47 Å². The number of hydrogen-bond donors (Lipinski definition) is 0. The summed E-state index contributed by atoms with van der Waals surface area (Å²) in [5.74, 6) is 1.96. The highest BCUT2D eigenvalue weighted by atomic mass is 31.1. The van der Waals surface area contributed by atoms with Gasteiger partial charge in [0.05, 0.1) is 7.11 Å². The van der Waals surface area contributed by atoms with Crippen LogP contribution in [0.15, 0.2) is 109 Å². The maximum Gasteiger partial charge on any atom is 0.122 e. The van der Waals surface area contributed by atoms with Gasteiger partial charge in [0.2, 0.25) is 0 Å². The molecule has 2 atom stereocenters. The van der Waals surface area contributed by atoms with E-state index in [-0.39, 0.29) is 0 Å². The molecule has 0 fully saturated rings. The number of para-hydroxylation sites is 1. The van der Waals surface area contributed by atoms with E-state index in [4.69, 9.17) is 9.47 Å². The summed E-state index contributed by atoms with van der Waals surface area (Å²) in [6.45, 7) is 3.93. The van der Waals surface area contributed by atoms with E-state index in [2.05, 4.69) is 135 Å². The lowest BCUT2D eigenvalue weighted by molar-refractivity contribution is 0.261. The van der Waals surface area contributed by atoms with Gasteiger partial charge in [0.25, 0.3) is 0 Å². The predicted molar refractivity (Wildman–Crippen MR) is 205 cm³/mol. The highest BCUT2D eigenvalue weighted by Gasteiger charge is 2.15. The van der Waals surface area contributed by atoms with Crippen LogP contribution in [0.2, 0.25) is 0 Å².